The van der Waals surface area contributed by atoms with E-state index in [4.69, 9.17) is 0 Å². The lowest BCUT2D eigenvalue weighted by Crippen LogP contribution is -2.27. The van der Waals surface area contributed by atoms with Crippen LogP contribution < -0.4 is 15.5 Å². The molecule has 2 N–H and O–H groups in total. The van der Waals surface area contributed by atoms with Gasteiger partial charge in [-0.1, -0.05) is 0 Å². The van der Waals surface area contributed by atoms with Crippen LogP contribution in [0.5, 0.6) is 0 Å². The molecule has 0 spiro atoms. The first kappa shape index (κ1) is 13.6. The molecular formula is C14H14N4O2S. The Balaban J connectivity index is 1.69. The topological polar surface area (TPSA) is 74.3 Å². The Morgan fingerprint density at radius 2 is 2.14 bits per heavy atom. The predicted octanol–water partition coefficient (Wildman–Crippen LogP) is 2.23. The highest BCUT2D eigenvalue weighted by molar-refractivity contribution is 7.09. The van der Waals surface area contributed by atoms with Crippen LogP contribution in [0.15, 0.2) is 29.6 Å². The third-order valence-electron chi connectivity index (χ3n) is 3.15. The number of carbonyl (C=O) groups is 2. The van der Waals surface area contributed by atoms with Crippen LogP contribution in [0.25, 0.3) is 0 Å². The van der Waals surface area contributed by atoms with Crippen molar-refractivity contribution in [2.75, 3.05) is 23.3 Å². The van der Waals surface area contributed by atoms with Gasteiger partial charge in [0.2, 0.25) is 0 Å². The summed E-state index contributed by atoms with van der Waals surface area (Å²) in [5, 5.41) is 8.12. The van der Waals surface area contributed by atoms with Gasteiger partial charge < -0.3 is 10.6 Å². The molecular weight excluding hydrogens is 288 g/mol. The van der Waals surface area contributed by atoms with Crippen molar-refractivity contribution in [2.24, 2.45) is 0 Å². The molecule has 1 aromatic heterocycles. The van der Waals surface area contributed by atoms with Crippen molar-refractivity contribution in [1.82, 2.24) is 10.3 Å². The number of nitrogens with zero attached hydrogens (tertiary/aromatic N) is 2. The number of aryl methyl sites for hydroxylation is 1. The summed E-state index contributed by atoms with van der Waals surface area (Å²) in [5.74, 6) is -0.231. The Morgan fingerprint density at radius 3 is 2.71 bits per heavy atom. The van der Waals surface area contributed by atoms with E-state index in [0.29, 0.717) is 24.5 Å². The number of hydrogen-bond acceptors (Lipinski definition) is 4. The highest BCUT2D eigenvalue weighted by atomic mass is 32.1. The van der Waals surface area contributed by atoms with Crippen molar-refractivity contribution >= 4 is 34.6 Å². The normalized spacial score (nSPS) is 14.1. The number of thiazole rings is 1. The Labute approximate surface area is 125 Å². The van der Waals surface area contributed by atoms with E-state index in [9.17, 15) is 9.59 Å². The maximum atomic E-state index is 12.0. The maximum absolute atomic E-state index is 12.0. The number of anilines is 2. The fraction of sp³-hybridized carbons (Fsp3) is 0.214. The molecule has 1 fully saturated rings. The van der Waals surface area contributed by atoms with Crippen molar-refractivity contribution < 1.29 is 9.59 Å². The van der Waals surface area contributed by atoms with E-state index in [1.807, 2.05) is 19.1 Å². The molecule has 108 valence electrons. The highest BCUT2D eigenvalue weighted by Crippen LogP contribution is 2.20. The number of benzene rings is 1. The SMILES string of the molecule is Cc1nc(C(=O)Nc2ccc(N3CCNC3=O)cc2)cs1. The third-order valence-corrected chi connectivity index (χ3v) is 3.92. The molecule has 3 rings (SSSR count). The van der Waals surface area contributed by atoms with Crippen molar-refractivity contribution in [3.8, 4) is 0 Å². The van der Waals surface area contributed by atoms with Crippen LogP contribution in [-0.2, 0) is 0 Å². The van der Waals surface area contributed by atoms with E-state index in [1.165, 1.54) is 11.3 Å². The Bertz CT molecular complexity index is 681. The molecule has 1 saturated heterocycles. The van der Waals surface area contributed by atoms with Crippen molar-refractivity contribution in [3.63, 3.8) is 0 Å². The van der Waals surface area contributed by atoms with Gasteiger partial charge >= 0.3 is 6.03 Å². The number of nitrogens with one attached hydrogen (secondary N) is 2. The predicted molar refractivity (Wildman–Crippen MR) is 82.0 cm³/mol. The smallest absolute Gasteiger partial charge is 0.321 e. The van der Waals surface area contributed by atoms with Gasteiger partial charge in [0.1, 0.15) is 5.69 Å². The first-order chi connectivity index (χ1) is 10.1. The molecule has 6 nitrogen and oxygen atoms in total. The summed E-state index contributed by atoms with van der Waals surface area (Å²) in [7, 11) is 0. The lowest BCUT2D eigenvalue weighted by Gasteiger charge is -2.14. The van der Waals surface area contributed by atoms with E-state index < -0.39 is 0 Å². The van der Waals surface area contributed by atoms with Crippen LogP contribution in [0.3, 0.4) is 0 Å². The lowest BCUT2D eigenvalue weighted by molar-refractivity contribution is 0.102. The van der Waals surface area contributed by atoms with Gasteiger partial charge in [0, 0.05) is 29.8 Å². The van der Waals surface area contributed by atoms with Gasteiger partial charge in [-0.05, 0) is 31.2 Å². The number of rotatable bonds is 3. The molecule has 1 aliphatic rings. The molecule has 0 atom stereocenters. The number of carbonyl (C=O) groups excluding carboxylic acids is 2. The number of amides is 3. The lowest BCUT2D eigenvalue weighted by atomic mass is 10.2. The van der Waals surface area contributed by atoms with Crippen LogP contribution in [-0.4, -0.2) is 30.0 Å². The van der Waals surface area contributed by atoms with Gasteiger partial charge in [0.15, 0.2) is 0 Å². The van der Waals surface area contributed by atoms with Crippen LogP contribution in [0, 0.1) is 6.92 Å². The maximum Gasteiger partial charge on any atom is 0.321 e. The Hall–Kier alpha value is -2.41. The zero-order chi connectivity index (χ0) is 14.8. The first-order valence-corrected chi connectivity index (χ1v) is 7.40. The van der Waals surface area contributed by atoms with Crippen LogP contribution in [0.1, 0.15) is 15.5 Å². The van der Waals surface area contributed by atoms with E-state index in [2.05, 4.69) is 15.6 Å². The van der Waals surface area contributed by atoms with E-state index in [-0.39, 0.29) is 11.9 Å². The van der Waals surface area contributed by atoms with Crippen LogP contribution in [0.2, 0.25) is 0 Å². The zero-order valence-corrected chi connectivity index (χ0v) is 12.2. The molecule has 1 aromatic carbocycles. The molecule has 0 radical (unpaired) electrons. The summed E-state index contributed by atoms with van der Waals surface area (Å²) >= 11 is 1.44. The summed E-state index contributed by atoms with van der Waals surface area (Å²) in [6.07, 6.45) is 0. The summed E-state index contributed by atoms with van der Waals surface area (Å²) < 4.78 is 0. The van der Waals surface area contributed by atoms with E-state index in [0.717, 1.165) is 10.7 Å². The van der Waals surface area contributed by atoms with Gasteiger partial charge in [0.25, 0.3) is 5.91 Å². The molecule has 0 aliphatic carbocycles. The van der Waals surface area contributed by atoms with Crippen LogP contribution in [0.4, 0.5) is 16.2 Å². The van der Waals surface area contributed by atoms with Gasteiger partial charge in [-0.25, -0.2) is 9.78 Å². The average Bonchev–Trinajstić information content (AvgIpc) is 3.08. The van der Waals surface area contributed by atoms with Crippen molar-refractivity contribution in [3.05, 3.63) is 40.3 Å². The monoisotopic (exact) mass is 302 g/mol. The second-order valence-corrected chi connectivity index (χ2v) is 5.70. The Morgan fingerprint density at radius 1 is 1.38 bits per heavy atom. The summed E-state index contributed by atoms with van der Waals surface area (Å²) in [6, 6.07) is 7.08. The molecule has 2 heterocycles. The molecule has 0 unspecified atom stereocenters. The standard InChI is InChI=1S/C14H14N4O2S/c1-9-16-12(8-21-9)13(19)17-10-2-4-11(5-3-10)18-7-6-15-14(18)20/h2-5,8H,6-7H2,1H3,(H,15,20)(H,17,19). The minimum atomic E-state index is -0.231. The summed E-state index contributed by atoms with van der Waals surface area (Å²) in [4.78, 5) is 29.3. The summed E-state index contributed by atoms with van der Waals surface area (Å²) in [6.45, 7) is 3.17. The molecule has 0 bridgehead atoms. The van der Waals surface area contributed by atoms with Crippen molar-refractivity contribution in [2.45, 2.75) is 6.92 Å². The molecule has 7 heteroatoms. The zero-order valence-electron chi connectivity index (χ0n) is 11.4. The highest BCUT2D eigenvalue weighted by Gasteiger charge is 2.20. The largest absolute Gasteiger partial charge is 0.336 e. The third kappa shape index (κ3) is 2.87. The minimum Gasteiger partial charge on any atom is -0.336 e. The first-order valence-electron chi connectivity index (χ1n) is 6.52. The van der Waals surface area contributed by atoms with E-state index >= 15 is 0 Å². The van der Waals surface area contributed by atoms with Crippen LogP contribution >= 0.6 is 11.3 Å². The minimum absolute atomic E-state index is 0.0928. The quantitative estimate of drug-likeness (QED) is 0.913. The molecule has 0 saturated carbocycles. The molecule has 21 heavy (non-hydrogen) atoms. The van der Waals surface area contributed by atoms with Crippen molar-refractivity contribution in [1.29, 1.82) is 0 Å². The summed E-state index contributed by atoms with van der Waals surface area (Å²) in [5.41, 5.74) is 1.90. The molecule has 3 amide bonds. The average molecular weight is 302 g/mol. The second-order valence-electron chi connectivity index (χ2n) is 4.64. The van der Waals surface area contributed by atoms with Gasteiger partial charge in [-0.3, -0.25) is 9.69 Å². The number of hydrogen-bond donors (Lipinski definition) is 2. The molecule has 1 aliphatic heterocycles. The molecule has 2 aromatic rings. The van der Waals surface area contributed by atoms with Gasteiger partial charge in [-0.2, -0.15) is 0 Å². The fourth-order valence-electron chi connectivity index (χ4n) is 2.11. The number of urea groups is 1. The van der Waals surface area contributed by atoms with Gasteiger partial charge in [0.05, 0.1) is 5.01 Å². The van der Waals surface area contributed by atoms with E-state index in [1.54, 1.807) is 22.4 Å². The fourth-order valence-corrected chi connectivity index (χ4v) is 2.70. The van der Waals surface area contributed by atoms with Gasteiger partial charge in [-0.15, -0.1) is 11.3 Å². The second kappa shape index (κ2) is 5.53. The Kier molecular flexibility index (Phi) is 3.57. The number of aromatic nitrogens is 1.